The van der Waals surface area contributed by atoms with Crippen LogP contribution in [0.2, 0.25) is 0 Å². The van der Waals surface area contributed by atoms with Crippen LogP contribution < -0.4 is 4.74 Å². The summed E-state index contributed by atoms with van der Waals surface area (Å²) in [7, 11) is 1.50. The Morgan fingerprint density at radius 1 is 1.11 bits per heavy atom. The molecule has 0 amide bonds. The fourth-order valence-electron chi connectivity index (χ4n) is 2.58. The summed E-state index contributed by atoms with van der Waals surface area (Å²) in [6.45, 7) is 0. The molecule has 0 unspecified atom stereocenters. The van der Waals surface area contributed by atoms with Gasteiger partial charge in [0.1, 0.15) is 11.6 Å². The van der Waals surface area contributed by atoms with E-state index in [-0.39, 0.29) is 11.6 Å². The first-order valence-electron chi connectivity index (χ1n) is 6.19. The average molecular weight is 256 g/mol. The molecule has 0 bridgehead atoms. The molecule has 1 aliphatic carbocycles. The first-order chi connectivity index (χ1) is 9.20. The minimum absolute atomic E-state index is 0.0980. The van der Waals surface area contributed by atoms with E-state index >= 15 is 0 Å². The second kappa shape index (κ2) is 4.50. The summed E-state index contributed by atoms with van der Waals surface area (Å²) in [5.74, 6) is 0.202. The molecule has 0 aromatic heterocycles. The van der Waals surface area contributed by atoms with Crippen molar-refractivity contribution >= 4 is 5.78 Å². The Hall–Kier alpha value is -2.16. The van der Waals surface area contributed by atoms with Crippen LogP contribution in [0.5, 0.6) is 5.75 Å². The first kappa shape index (κ1) is 11.9. The maximum absolute atomic E-state index is 14.1. The molecule has 0 atom stereocenters. The summed E-state index contributed by atoms with van der Waals surface area (Å²) < 4.78 is 19.1. The van der Waals surface area contributed by atoms with Gasteiger partial charge in [0.05, 0.1) is 7.11 Å². The number of ketones is 1. The van der Waals surface area contributed by atoms with Crippen LogP contribution in [0.3, 0.4) is 0 Å². The van der Waals surface area contributed by atoms with Gasteiger partial charge in [-0.15, -0.1) is 0 Å². The fraction of sp³-hybridized carbons (Fsp3) is 0.188. The highest BCUT2D eigenvalue weighted by Crippen LogP contribution is 2.34. The van der Waals surface area contributed by atoms with E-state index in [1.54, 1.807) is 18.2 Å². The number of hydrogen-bond donors (Lipinski definition) is 0. The Kier molecular flexibility index (Phi) is 2.82. The van der Waals surface area contributed by atoms with E-state index in [2.05, 4.69) is 0 Å². The van der Waals surface area contributed by atoms with Crippen molar-refractivity contribution in [1.29, 1.82) is 0 Å². The number of fused-ring (bicyclic) bond motifs is 1. The molecule has 0 fully saturated rings. The van der Waals surface area contributed by atoms with Crippen molar-refractivity contribution in [2.75, 3.05) is 7.11 Å². The van der Waals surface area contributed by atoms with Crippen LogP contribution in [0.1, 0.15) is 22.3 Å². The van der Waals surface area contributed by atoms with E-state index in [1.165, 1.54) is 13.2 Å². The lowest BCUT2D eigenvalue weighted by Crippen LogP contribution is -1.97. The van der Waals surface area contributed by atoms with Crippen molar-refractivity contribution in [3.63, 3.8) is 0 Å². The molecule has 0 saturated carbocycles. The summed E-state index contributed by atoms with van der Waals surface area (Å²) in [6, 6.07) is 10.3. The molecule has 0 spiro atoms. The van der Waals surface area contributed by atoms with Gasteiger partial charge in [0, 0.05) is 23.6 Å². The zero-order valence-corrected chi connectivity index (χ0v) is 10.6. The Morgan fingerprint density at radius 3 is 2.68 bits per heavy atom. The minimum Gasteiger partial charge on any atom is -0.497 e. The van der Waals surface area contributed by atoms with Crippen molar-refractivity contribution in [2.45, 2.75) is 12.8 Å². The van der Waals surface area contributed by atoms with E-state index in [4.69, 9.17) is 4.74 Å². The number of hydrogen-bond acceptors (Lipinski definition) is 2. The fourth-order valence-corrected chi connectivity index (χ4v) is 2.58. The number of ether oxygens (including phenoxy) is 1. The molecule has 0 N–H and O–H groups in total. The van der Waals surface area contributed by atoms with E-state index in [9.17, 15) is 9.18 Å². The van der Waals surface area contributed by atoms with Crippen molar-refractivity contribution < 1.29 is 13.9 Å². The van der Waals surface area contributed by atoms with Gasteiger partial charge in [-0.05, 0) is 29.7 Å². The second-order valence-corrected chi connectivity index (χ2v) is 4.61. The molecule has 2 aromatic rings. The summed E-state index contributed by atoms with van der Waals surface area (Å²) >= 11 is 0. The number of aryl methyl sites for hydroxylation is 1. The second-order valence-electron chi connectivity index (χ2n) is 4.61. The molecule has 0 heterocycles. The highest BCUT2D eigenvalue weighted by Gasteiger charge is 2.24. The number of Topliss-reactive ketones (excluding diaryl/α,β-unsaturated/α-hetero) is 1. The lowest BCUT2D eigenvalue weighted by atomic mass is 9.96. The van der Waals surface area contributed by atoms with E-state index in [0.29, 0.717) is 28.9 Å². The highest BCUT2D eigenvalue weighted by molar-refractivity contribution is 6.06. The number of halogens is 1. The van der Waals surface area contributed by atoms with Crippen LogP contribution in [-0.4, -0.2) is 12.9 Å². The van der Waals surface area contributed by atoms with Gasteiger partial charge in [-0.25, -0.2) is 4.39 Å². The van der Waals surface area contributed by atoms with Crippen LogP contribution in [0.15, 0.2) is 36.4 Å². The van der Waals surface area contributed by atoms with Crippen LogP contribution in [0.25, 0.3) is 11.1 Å². The third kappa shape index (κ3) is 1.91. The number of benzene rings is 2. The lowest BCUT2D eigenvalue weighted by Gasteiger charge is -2.10. The third-order valence-electron chi connectivity index (χ3n) is 3.52. The van der Waals surface area contributed by atoms with Gasteiger partial charge in [-0.3, -0.25) is 4.79 Å². The van der Waals surface area contributed by atoms with Crippen LogP contribution in [0, 0.1) is 5.82 Å². The number of carbonyl (C=O) groups excluding carboxylic acids is 1. The molecule has 3 rings (SSSR count). The van der Waals surface area contributed by atoms with Crippen molar-refractivity contribution in [2.24, 2.45) is 0 Å². The summed E-state index contributed by atoms with van der Waals surface area (Å²) in [4.78, 5) is 11.9. The monoisotopic (exact) mass is 256 g/mol. The molecule has 2 aromatic carbocycles. The molecule has 1 aliphatic rings. The van der Waals surface area contributed by atoms with E-state index < -0.39 is 0 Å². The molecule has 2 nitrogen and oxygen atoms in total. The SMILES string of the molecule is COc1ccc(-c2cccc3c2C(=O)CC3)c(F)c1. The molecule has 0 saturated heterocycles. The van der Waals surface area contributed by atoms with Gasteiger partial charge < -0.3 is 4.74 Å². The van der Waals surface area contributed by atoms with Crippen molar-refractivity contribution in [1.82, 2.24) is 0 Å². The molecular formula is C16H13FO2. The first-order valence-corrected chi connectivity index (χ1v) is 6.19. The number of carbonyl (C=O) groups is 1. The smallest absolute Gasteiger partial charge is 0.164 e. The van der Waals surface area contributed by atoms with E-state index in [1.807, 2.05) is 12.1 Å². The predicted molar refractivity (Wildman–Crippen MR) is 71.0 cm³/mol. The van der Waals surface area contributed by atoms with Crippen LogP contribution in [0.4, 0.5) is 4.39 Å². The van der Waals surface area contributed by atoms with Gasteiger partial charge in [0.15, 0.2) is 5.78 Å². The molecule has 19 heavy (non-hydrogen) atoms. The van der Waals surface area contributed by atoms with E-state index in [0.717, 1.165) is 12.0 Å². The van der Waals surface area contributed by atoms with Crippen LogP contribution in [-0.2, 0) is 6.42 Å². The summed E-state index contributed by atoms with van der Waals surface area (Å²) in [5, 5.41) is 0. The normalized spacial score (nSPS) is 13.5. The molecule has 96 valence electrons. The van der Waals surface area contributed by atoms with Gasteiger partial charge in [0.2, 0.25) is 0 Å². The van der Waals surface area contributed by atoms with Gasteiger partial charge in [-0.2, -0.15) is 0 Å². The largest absolute Gasteiger partial charge is 0.497 e. The molecular weight excluding hydrogens is 243 g/mol. The molecule has 0 radical (unpaired) electrons. The Balaban J connectivity index is 2.18. The zero-order valence-electron chi connectivity index (χ0n) is 10.6. The van der Waals surface area contributed by atoms with Crippen molar-refractivity contribution in [3.05, 3.63) is 53.3 Å². The maximum Gasteiger partial charge on any atom is 0.164 e. The average Bonchev–Trinajstić information content (AvgIpc) is 2.81. The molecule has 0 aliphatic heterocycles. The van der Waals surface area contributed by atoms with Gasteiger partial charge in [0.25, 0.3) is 0 Å². The zero-order chi connectivity index (χ0) is 13.4. The standard InChI is InChI=1S/C16H13FO2/c1-19-11-6-7-12(14(17)9-11)13-4-2-3-10-5-8-15(18)16(10)13/h2-4,6-7,9H,5,8H2,1H3. The highest BCUT2D eigenvalue weighted by atomic mass is 19.1. The van der Waals surface area contributed by atoms with Crippen molar-refractivity contribution in [3.8, 4) is 16.9 Å². The third-order valence-corrected chi connectivity index (χ3v) is 3.52. The lowest BCUT2D eigenvalue weighted by molar-refractivity contribution is 0.0995. The van der Waals surface area contributed by atoms with Gasteiger partial charge >= 0.3 is 0 Å². The quantitative estimate of drug-likeness (QED) is 0.820. The molecule has 3 heteroatoms. The summed E-state index contributed by atoms with van der Waals surface area (Å²) in [5.41, 5.74) is 2.82. The minimum atomic E-state index is -0.368. The number of methoxy groups -OCH3 is 1. The predicted octanol–water partition coefficient (Wildman–Crippen LogP) is 3.63. The maximum atomic E-state index is 14.1. The number of rotatable bonds is 2. The van der Waals surface area contributed by atoms with Crippen LogP contribution >= 0.6 is 0 Å². The Labute approximate surface area is 110 Å². The summed E-state index contributed by atoms with van der Waals surface area (Å²) in [6.07, 6.45) is 1.27. The topological polar surface area (TPSA) is 26.3 Å². The van der Waals surface area contributed by atoms with Gasteiger partial charge in [-0.1, -0.05) is 18.2 Å². The Bertz CT molecular complexity index is 662. The Morgan fingerprint density at radius 2 is 1.95 bits per heavy atom.